The normalized spacial score (nSPS) is 17.4. The molecule has 1 atom stereocenters. The molecule has 1 fully saturated rings. The van der Waals surface area contributed by atoms with Crippen LogP contribution in [0.1, 0.15) is 29.7 Å². The van der Waals surface area contributed by atoms with Gasteiger partial charge in [-0.3, -0.25) is 15.0 Å². The lowest BCUT2D eigenvalue weighted by molar-refractivity contribution is -0.385. The number of nitrogens with zero attached hydrogens (tertiary/aromatic N) is 3. The summed E-state index contributed by atoms with van der Waals surface area (Å²) < 4.78 is 27.6. The van der Waals surface area contributed by atoms with Gasteiger partial charge >= 0.3 is 0 Å². The molecule has 0 N–H and O–H groups in total. The molecule has 1 aliphatic heterocycles. The number of hydrogen-bond acceptors (Lipinski definition) is 5. The molecule has 2 aromatic carbocycles. The number of piperazine rings is 1. The van der Waals surface area contributed by atoms with Crippen LogP contribution in [0.15, 0.2) is 47.4 Å². The predicted molar refractivity (Wildman–Crippen MR) is 108 cm³/mol. The summed E-state index contributed by atoms with van der Waals surface area (Å²) >= 11 is 0. The smallest absolute Gasteiger partial charge is 0.269 e. The van der Waals surface area contributed by atoms with Gasteiger partial charge < -0.3 is 0 Å². The zero-order valence-corrected chi connectivity index (χ0v) is 17.1. The number of nitro benzene ring substituents is 1. The first-order chi connectivity index (χ1) is 13.2. The highest BCUT2D eigenvalue weighted by molar-refractivity contribution is 7.89. The van der Waals surface area contributed by atoms with E-state index in [-0.39, 0.29) is 11.7 Å². The van der Waals surface area contributed by atoms with E-state index in [1.807, 2.05) is 39.0 Å². The number of benzene rings is 2. The van der Waals surface area contributed by atoms with Gasteiger partial charge in [0.05, 0.1) is 9.82 Å². The minimum absolute atomic E-state index is 0.0223. The van der Waals surface area contributed by atoms with Crippen LogP contribution in [0.5, 0.6) is 0 Å². The highest BCUT2D eigenvalue weighted by Gasteiger charge is 2.31. The van der Waals surface area contributed by atoms with E-state index in [4.69, 9.17) is 0 Å². The number of nitro groups is 1. The van der Waals surface area contributed by atoms with Crippen molar-refractivity contribution in [1.29, 1.82) is 0 Å². The SMILES string of the molecule is Cc1ccc(S(=O)(=O)N2CCN([C@H](C)c3cccc([N+](=O)[O-])c3)CC2)c(C)c1. The third kappa shape index (κ3) is 4.09. The minimum atomic E-state index is -3.52. The first-order valence-corrected chi connectivity index (χ1v) is 10.7. The lowest BCUT2D eigenvalue weighted by Gasteiger charge is -2.37. The second-order valence-electron chi connectivity index (χ2n) is 7.24. The van der Waals surface area contributed by atoms with Crippen molar-refractivity contribution in [3.63, 3.8) is 0 Å². The van der Waals surface area contributed by atoms with E-state index in [0.29, 0.717) is 31.1 Å². The molecule has 0 radical (unpaired) electrons. The summed E-state index contributed by atoms with van der Waals surface area (Å²) in [7, 11) is -3.52. The average Bonchev–Trinajstić information content (AvgIpc) is 2.67. The molecule has 0 unspecified atom stereocenters. The van der Waals surface area contributed by atoms with Crippen molar-refractivity contribution >= 4 is 15.7 Å². The van der Waals surface area contributed by atoms with Crippen molar-refractivity contribution in [2.24, 2.45) is 0 Å². The standard InChI is InChI=1S/C20H25N3O4S/c1-15-7-8-20(16(2)13-15)28(26,27)22-11-9-21(10-12-22)17(3)18-5-4-6-19(14-18)23(24)25/h4-8,13-14,17H,9-12H2,1-3H3/t17-/m1/s1. The maximum absolute atomic E-state index is 13.0. The number of rotatable bonds is 5. The van der Waals surface area contributed by atoms with Crippen LogP contribution in [0, 0.1) is 24.0 Å². The van der Waals surface area contributed by atoms with Crippen molar-refractivity contribution in [3.8, 4) is 0 Å². The lowest BCUT2D eigenvalue weighted by atomic mass is 10.1. The van der Waals surface area contributed by atoms with E-state index in [1.54, 1.807) is 18.2 Å². The van der Waals surface area contributed by atoms with Gasteiger partial charge in [-0.1, -0.05) is 29.8 Å². The molecule has 3 rings (SSSR count). The van der Waals surface area contributed by atoms with E-state index in [1.165, 1.54) is 10.4 Å². The summed E-state index contributed by atoms with van der Waals surface area (Å²) in [6, 6.07) is 12.0. The summed E-state index contributed by atoms with van der Waals surface area (Å²) in [5, 5.41) is 11.0. The van der Waals surface area contributed by atoms with Crippen LogP contribution in [0.3, 0.4) is 0 Å². The van der Waals surface area contributed by atoms with Crippen molar-refractivity contribution < 1.29 is 13.3 Å². The van der Waals surface area contributed by atoms with Crippen LogP contribution in [-0.4, -0.2) is 48.7 Å². The van der Waals surface area contributed by atoms with Crippen LogP contribution >= 0.6 is 0 Å². The molecule has 1 heterocycles. The van der Waals surface area contributed by atoms with Crippen molar-refractivity contribution in [3.05, 3.63) is 69.3 Å². The van der Waals surface area contributed by atoms with Gasteiger partial charge in [0.1, 0.15) is 0 Å². The molecular weight excluding hydrogens is 378 g/mol. The fourth-order valence-electron chi connectivity index (χ4n) is 3.67. The van der Waals surface area contributed by atoms with Crippen LogP contribution < -0.4 is 0 Å². The highest BCUT2D eigenvalue weighted by Crippen LogP contribution is 2.27. The Morgan fingerprint density at radius 2 is 1.71 bits per heavy atom. The number of non-ortho nitro benzene ring substituents is 1. The monoisotopic (exact) mass is 403 g/mol. The lowest BCUT2D eigenvalue weighted by Crippen LogP contribution is -2.49. The average molecular weight is 404 g/mol. The van der Waals surface area contributed by atoms with Crippen molar-refractivity contribution in [2.45, 2.75) is 31.7 Å². The summed E-state index contributed by atoms with van der Waals surface area (Å²) in [6.07, 6.45) is 0. The van der Waals surface area contributed by atoms with Crippen LogP contribution in [0.25, 0.3) is 0 Å². The van der Waals surface area contributed by atoms with Crippen molar-refractivity contribution in [2.75, 3.05) is 26.2 Å². The summed E-state index contributed by atoms with van der Waals surface area (Å²) in [6.45, 7) is 7.71. The molecule has 0 aliphatic carbocycles. The highest BCUT2D eigenvalue weighted by atomic mass is 32.2. The largest absolute Gasteiger partial charge is 0.294 e. The third-order valence-corrected chi connectivity index (χ3v) is 7.39. The second-order valence-corrected chi connectivity index (χ2v) is 9.14. The van der Waals surface area contributed by atoms with Gasteiger partial charge in [-0.15, -0.1) is 0 Å². The van der Waals surface area contributed by atoms with Gasteiger partial charge in [-0.2, -0.15) is 4.31 Å². The molecule has 150 valence electrons. The van der Waals surface area contributed by atoms with E-state index >= 15 is 0 Å². The third-order valence-electron chi connectivity index (χ3n) is 5.33. The van der Waals surface area contributed by atoms with Gasteiger partial charge in [-0.25, -0.2) is 8.42 Å². The van der Waals surface area contributed by atoms with Gasteiger partial charge in [-0.05, 0) is 38.0 Å². The zero-order chi connectivity index (χ0) is 20.5. The molecule has 0 aromatic heterocycles. The van der Waals surface area contributed by atoms with E-state index < -0.39 is 14.9 Å². The van der Waals surface area contributed by atoms with Gasteiger partial charge in [0.2, 0.25) is 10.0 Å². The maximum atomic E-state index is 13.0. The zero-order valence-electron chi connectivity index (χ0n) is 16.3. The number of sulfonamides is 1. The van der Waals surface area contributed by atoms with Gasteiger partial charge in [0, 0.05) is 44.4 Å². The molecule has 2 aromatic rings. The Labute approximate surface area is 165 Å². The molecule has 1 saturated heterocycles. The molecule has 0 bridgehead atoms. The Morgan fingerprint density at radius 3 is 2.32 bits per heavy atom. The van der Waals surface area contributed by atoms with E-state index in [9.17, 15) is 18.5 Å². The Bertz CT molecular complexity index is 983. The molecule has 8 heteroatoms. The minimum Gasteiger partial charge on any atom is -0.294 e. The fraction of sp³-hybridized carbons (Fsp3) is 0.400. The Hall–Kier alpha value is -2.29. The predicted octanol–water partition coefficient (Wildman–Crippen LogP) is 3.28. The summed E-state index contributed by atoms with van der Waals surface area (Å²) in [5.74, 6) is 0. The first-order valence-electron chi connectivity index (χ1n) is 9.26. The van der Waals surface area contributed by atoms with Crippen molar-refractivity contribution in [1.82, 2.24) is 9.21 Å². The molecule has 0 saturated carbocycles. The number of hydrogen-bond donors (Lipinski definition) is 0. The van der Waals surface area contributed by atoms with Crippen LogP contribution in [0.2, 0.25) is 0 Å². The quantitative estimate of drug-likeness (QED) is 0.565. The van der Waals surface area contributed by atoms with Gasteiger partial charge in [0.15, 0.2) is 0 Å². The molecule has 1 aliphatic rings. The summed E-state index contributed by atoms with van der Waals surface area (Å²) in [4.78, 5) is 13.1. The number of aryl methyl sites for hydroxylation is 2. The van der Waals surface area contributed by atoms with Crippen LogP contribution in [0.4, 0.5) is 5.69 Å². The molecule has 0 amide bonds. The molecule has 28 heavy (non-hydrogen) atoms. The summed E-state index contributed by atoms with van der Waals surface area (Å²) in [5.41, 5.74) is 2.72. The van der Waals surface area contributed by atoms with E-state index in [0.717, 1.165) is 16.7 Å². The van der Waals surface area contributed by atoms with Crippen LogP contribution in [-0.2, 0) is 10.0 Å². The fourth-order valence-corrected chi connectivity index (χ4v) is 5.30. The molecule has 0 spiro atoms. The molecule has 7 nitrogen and oxygen atoms in total. The Morgan fingerprint density at radius 1 is 1.04 bits per heavy atom. The van der Waals surface area contributed by atoms with E-state index in [2.05, 4.69) is 4.90 Å². The second kappa shape index (κ2) is 7.98. The van der Waals surface area contributed by atoms with Gasteiger partial charge in [0.25, 0.3) is 5.69 Å². The molecular formula is C20H25N3O4S. The maximum Gasteiger partial charge on any atom is 0.269 e. The Kier molecular flexibility index (Phi) is 5.83. The topological polar surface area (TPSA) is 83.8 Å². The Balaban J connectivity index is 1.71. The first kappa shape index (κ1) is 20.4.